The Balaban J connectivity index is 2.32. The molecule has 1 aliphatic rings. The van der Waals surface area contributed by atoms with E-state index in [2.05, 4.69) is 15.9 Å². The second-order valence-corrected chi connectivity index (χ2v) is 5.22. The normalized spacial score (nSPS) is 24.6. The van der Waals surface area contributed by atoms with Crippen LogP contribution >= 0.6 is 15.9 Å². The molecular weight excluding hydrogens is 254 g/mol. The zero-order valence-electron chi connectivity index (χ0n) is 8.23. The van der Waals surface area contributed by atoms with Gasteiger partial charge in [0.2, 0.25) is 5.92 Å². The van der Waals surface area contributed by atoms with Gasteiger partial charge in [0.15, 0.2) is 0 Å². The van der Waals surface area contributed by atoms with Gasteiger partial charge in [-0.15, -0.1) is 0 Å². The molecule has 1 aliphatic carbocycles. The zero-order valence-corrected chi connectivity index (χ0v) is 9.82. The second-order valence-electron chi connectivity index (χ2n) is 4.11. The monoisotopic (exact) mass is 268 g/mol. The van der Waals surface area contributed by atoms with E-state index in [1.54, 1.807) is 0 Å². The largest absolute Gasteiger partial charge is 0.299 e. The minimum atomic E-state index is -2.46. The van der Waals surface area contributed by atoms with Gasteiger partial charge in [-0.1, -0.05) is 15.9 Å². The molecule has 1 nitrogen and oxygen atoms in total. The highest BCUT2D eigenvalue weighted by Crippen LogP contribution is 2.38. The van der Waals surface area contributed by atoms with Gasteiger partial charge in [-0.2, -0.15) is 0 Å². The number of hydrogen-bond donors (Lipinski definition) is 0. The van der Waals surface area contributed by atoms with Crippen molar-refractivity contribution in [2.24, 2.45) is 5.92 Å². The van der Waals surface area contributed by atoms with Crippen LogP contribution in [-0.4, -0.2) is 16.5 Å². The first-order valence-electron chi connectivity index (χ1n) is 4.93. The number of rotatable bonds is 3. The Morgan fingerprint density at radius 2 is 2.00 bits per heavy atom. The van der Waals surface area contributed by atoms with Crippen molar-refractivity contribution in [1.29, 1.82) is 0 Å². The first kappa shape index (κ1) is 12.1. The van der Waals surface area contributed by atoms with Crippen LogP contribution in [0.5, 0.6) is 0 Å². The highest BCUT2D eigenvalue weighted by atomic mass is 79.9. The van der Waals surface area contributed by atoms with E-state index in [0.29, 0.717) is 19.3 Å². The summed E-state index contributed by atoms with van der Waals surface area (Å²) in [5, 5.41) is 0. The molecule has 0 radical (unpaired) electrons. The van der Waals surface area contributed by atoms with Crippen LogP contribution < -0.4 is 0 Å². The summed E-state index contributed by atoms with van der Waals surface area (Å²) in [6, 6.07) is 0. The Morgan fingerprint density at radius 3 is 2.43 bits per heavy atom. The van der Waals surface area contributed by atoms with E-state index in [1.165, 1.54) is 6.92 Å². The lowest BCUT2D eigenvalue weighted by molar-refractivity contribution is -0.116. The molecule has 1 fully saturated rings. The van der Waals surface area contributed by atoms with Crippen molar-refractivity contribution in [2.45, 2.75) is 49.8 Å². The predicted octanol–water partition coefficient (Wildman–Crippen LogP) is 3.55. The average molecular weight is 269 g/mol. The molecule has 0 N–H and O–H groups in total. The second kappa shape index (κ2) is 4.69. The van der Waals surface area contributed by atoms with Crippen LogP contribution in [0.2, 0.25) is 0 Å². The third kappa shape index (κ3) is 3.64. The topological polar surface area (TPSA) is 17.1 Å². The molecule has 0 bridgehead atoms. The van der Waals surface area contributed by atoms with Crippen molar-refractivity contribution < 1.29 is 13.6 Å². The summed E-state index contributed by atoms with van der Waals surface area (Å²) in [6.07, 6.45) is 1.75. The molecule has 1 rings (SSSR count). The van der Waals surface area contributed by atoms with Gasteiger partial charge in [-0.3, -0.25) is 4.79 Å². The van der Waals surface area contributed by atoms with Crippen molar-refractivity contribution in [3.8, 4) is 0 Å². The maximum Gasteiger partial charge on any atom is 0.248 e. The highest BCUT2D eigenvalue weighted by Gasteiger charge is 2.35. The molecule has 0 aliphatic heterocycles. The molecular formula is C10H15BrF2O. The lowest BCUT2D eigenvalue weighted by Gasteiger charge is -2.28. The summed E-state index contributed by atoms with van der Waals surface area (Å²) in [7, 11) is 0. The van der Waals surface area contributed by atoms with E-state index in [1.807, 2.05) is 0 Å². The first-order chi connectivity index (χ1) is 6.41. The number of hydrogen-bond acceptors (Lipinski definition) is 1. The third-order valence-corrected chi connectivity index (χ3v) is 3.84. The number of alkyl halides is 3. The van der Waals surface area contributed by atoms with Crippen molar-refractivity contribution >= 4 is 21.7 Å². The Bertz CT molecular complexity index is 208. The van der Waals surface area contributed by atoms with E-state index in [-0.39, 0.29) is 29.4 Å². The first-order valence-corrected chi connectivity index (χ1v) is 5.84. The lowest BCUT2D eigenvalue weighted by atomic mass is 9.84. The summed E-state index contributed by atoms with van der Waals surface area (Å²) in [4.78, 5) is 10.8. The Morgan fingerprint density at radius 1 is 1.50 bits per heavy atom. The number of ketones is 1. The summed E-state index contributed by atoms with van der Waals surface area (Å²) >= 11 is 3.27. The fourth-order valence-corrected chi connectivity index (χ4v) is 2.32. The van der Waals surface area contributed by atoms with Crippen LogP contribution in [0.15, 0.2) is 0 Å². The van der Waals surface area contributed by atoms with Gasteiger partial charge in [-0.05, 0) is 32.1 Å². The van der Waals surface area contributed by atoms with Crippen molar-refractivity contribution in [2.75, 3.05) is 0 Å². The van der Waals surface area contributed by atoms with E-state index in [9.17, 15) is 13.6 Å². The molecule has 0 spiro atoms. The molecule has 0 aromatic carbocycles. The van der Waals surface area contributed by atoms with Crippen LogP contribution in [-0.2, 0) is 4.79 Å². The van der Waals surface area contributed by atoms with E-state index >= 15 is 0 Å². The van der Waals surface area contributed by atoms with Crippen LogP contribution in [0.3, 0.4) is 0 Å². The molecule has 1 saturated carbocycles. The van der Waals surface area contributed by atoms with Crippen LogP contribution in [0, 0.1) is 5.92 Å². The summed E-state index contributed by atoms with van der Waals surface area (Å²) in [6.45, 7) is 1.52. The Labute approximate surface area is 91.4 Å². The molecule has 0 heterocycles. The maximum absolute atomic E-state index is 12.8. The van der Waals surface area contributed by atoms with Gasteiger partial charge < -0.3 is 0 Å². The number of halogens is 3. The number of Topliss-reactive ketones (excluding diaryl/α,β-unsaturated/α-hetero) is 1. The van der Waals surface area contributed by atoms with Crippen LogP contribution in [0.4, 0.5) is 8.78 Å². The standard InChI is InChI=1S/C10H15BrF2O/c1-7(14)9(11)6-8-2-4-10(12,13)5-3-8/h8-9H,2-6H2,1H3. The fraction of sp³-hybridized carbons (Fsp3) is 0.900. The molecule has 1 unspecified atom stereocenters. The lowest BCUT2D eigenvalue weighted by Crippen LogP contribution is -2.26. The zero-order chi connectivity index (χ0) is 10.8. The molecule has 0 aromatic rings. The number of carbonyl (C=O) groups excluding carboxylic acids is 1. The minimum absolute atomic E-state index is 0.0186. The highest BCUT2D eigenvalue weighted by molar-refractivity contribution is 9.10. The molecule has 0 saturated heterocycles. The molecule has 82 valence electrons. The number of carbonyl (C=O) groups is 1. The van der Waals surface area contributed by atoms with Crippen LogP contribution in [0.1, 0.15) is 39.0 Å². The van der Waals surface area contributed by atoms with Crippen LogP contribution in [0.25, 0.3) is 0 Å². The van der Waals surface area contributed by atoms with E-state index in [0.717, 1.165) is 0 Å². The molecule has 4 heteroatoms. The van der Waals surface area contributed by atoms with Gasteiger partial charge >= 0.3 is 0 Å². The van der Waals surface area contributed by atoms with Crippen molar-refractivity contribution in [1.82, 2.24) is 0 Å². The molecule has 1 atom stereocenters. The quantitative estimate of drug-likeness (QED) is 0.716. The van der Waals surface area contributed by atoms with Gasteiger partial charge in [0, 0.05) is 12.8 Å². The molecule has 0 aromatic heterocycles. The fourth-order valence-electron chi connectivity index (χ4n) is 1.79. The maximum atomic E-state index is 12.8. The summed E-state index contributed by atoms with van der Waals surface area (Å²) < 4.78 is 25.6. The summed E-state index contributed by atoms with van der Waals surface area (Å²) in [5.74, 6) is -2.10. The smallest absolute Gasteiger partial charge is 0.248 e. The van der Waals surface area contributed by atoms with Gasteiger partial charge in [0.25, 0.3) is 0 Å². The average Bonchev–Trinajstić information content (AvgIpc) is 2.08. The van der Waals surface area contributed by atoms with Gasteiger partial charge in [0.1, 0.15) is 5.78 Å². The predicted molar refractivity (Wildman–Crippen MR) is 54.9 cm³/mol. The SMILES string of the molecule is CC(=O)C(Br)CC1CCC(F)(F)CC1. The van der Waals surface area contributed by atoms with Gasteiger partial charge in [0.05, 0.1) is 4.83 Å². The van der Waals surface area contributed by atoms with E-state index < -0.39 is 5.92 Å². The molecule has 0 amide bonds. The Hall–Kier alpha value is 0.01000. The third-order valence-electron chi connectivity index (χ3n) is 2.82. The summed E-state index contributed by atoms with van der Waals surface area (Å²) in [5.41, 5.74) is 0. The van der Waals surface area contributed by atoms with Gasteiger partial charge in [-0.25, -0.2) is 8.78 Å². The molecule has 14 heavy (non-hydrogen) atoms. The Kier molecular flexibility index (Phi) is 4.04. The van der Waals surface area contributed by atoms with Crippen molar-refractivity contribution in [3.05, 3.63) is 0 Å². The minimum Gasteiger partial charge on any atom is -0.299 e. The van der Waals surface area contributed by atoms with E-state index in [4.69, 9.17) is 0 Å². The van der Waals surface area contributed by atoms with Crippen molar-refractivity contribution in [3.63, 3.8) is 0 Å².